The maximum Gasteiger partial charge on any atom is 0.265 e. The lowest BCUT2D eigenvalue weighted by Gasteiger charge is -2.19. The molecule has 1 unspecified atom stereocenters. The van der Waals surface area contributed by atoms with Crippen molar-refractivity contribution in [3.05, 3.63) is 59.2 Å². The molecule has 2 aromatic carbocycles. The number of benzene rings is 2. The van der Waals surface area contributed by atoms with Crippen LogP contribution >= 0.6 is 0 Å². The van der Waals surface area contributed by atoms with Crippen molar-refractivity contribution in [1.29, 1.82) is 0 Å². The summed E-state index contributed by atoms with van der Waals surface area (Å²) < 4.78 is 5.85. The number of aryl methyl sites for hydroxylation is 1. The lowest BCUT2D eigenvalue weighted by molar-refractivity contribution is -0.122. The zero-order chi connectivity index (χ0) is 17.0. The first-order valence-corrected chi connectivity index (χ1v) is 8.02. The third-order valence-corrected chi connectivity index (χ3v) is 4.07. The predicted octanol–water partition coefficient (Wildman–Crippen LogP) is 4.83. The molecule has 0 heterocycles. The number of hydrogen-bond donors (Lipinski definition) is 1. The molecule has 0 bridgehead atoms. The Balaban J connectivity index is 2.10. The lowest BCUT2D eigenvalue weighted by atomic mass is 10.0. The van der Waals surface area contributed by atoms with Crippen LogP contribution < -0.4 is 10.1 Å². The van der Waals surface area contributed by atoms with E-state index in [1.165, 1.54) is 0 Å². The van der Waals surface area contributed by atoms with Crippen molar-refractivity contribution < 1.29 is 9.53 Å². The van der Waals surface area contributed by atoms with E-state index in [2.05, 4.69) is 19.2 Å². The van der Waals surface area contributed by atoms with E-state index in [9.17, 15) is 4.79 Å². The normalized spacial score (nSPS) is 12.1. The van der Waals surface area contributed by atoms with Gasteiger partial charge >= 0.3 is 0 Å². The smallest absolute Gasteiger partial charge is 0.265 e. The molecule has 122 valence electrons. The second-order valence-corrected chi connectivity index (χ2v) is 6.19. The fraction of sp³-hybridized carbons (Fsp3) is 0.350. The Bertz CT molecular complexity index is 692. The molecule has 0 aliphatic heterocycles. The summed E-state index contributed by atoms with van der Waals surface area (Å²) in [4.78, 5) is 12.5. The number of anilines is 1. The second-order valence-electron chi connectivity index (χ2n) is 6.19. The zero-order valence-electron chi connectivity index (χ0n) is 14.5. The number of rotatable bonds is 5. The molecule has 0 aliphatic carbocycles. The van der Waals surface area contributed by atoms with E-state index in [-0.39, 0.29) is 5.91 Å². The van der Waals surface area contributed by atoms with Crippen LogP contribution in [0.2, 0.25) is 0 Å². The summed E-state index contributed by atoms with van der Waals surface area (Å²) >= 11 is 0. The molecule has 0 saturated heterocycles. The highest BCUT2D eigenvalue weighted by Crippen LogP contribution is 2.25. The maximum atomic E-state index is 12.5. The number of amides is 1. The second kappa shape index (κ2) is 7.32. The topological polar surface area (TPSA) is 38.3 Å². The molecule has 2 rings (SSSR count). The van der Waals surface area contributed by atoms with Crippen molar-refractivity contribution in [1.82, 2.24) is 0 Å². The molecule has 0 aromatic heterocycles. The lowest BCUT2D eigenvalue weighted by Crippen LogP contribution is -2.30. The molecular formula is C20H25NO2. The van der Waals surface area contributed by atoms with Crippen molar-refractivity contribution in [2.75, 3.05) is 5.32 Å². The van der Waals surface area contributed by atoms with Crippen molar-refractivity contribution >= 4 is 11.6 Å². The first-order chi connectivity index (χ1) is 10.9. The van der Waals surface area contributed by atoms with Gasteiger partial charge < -0.3 is 10.1 Å². The molecule has 1 N–H and O–H groups in total. The first-order valence-electron chi connectivity index (χ1n) is 8.02. The van der Waals surface area contributed by atoms with Crippen LogP contribution in [-0.2, 0) is 4.79 Å². The maximum absolute atomic E-state index is 12.5. The van der Waals surface area contributed by atoms with Crippen molar-refractivity contribution in [2.24, 2.45) is 0 Å². The SMILES string of the molecule is Cc1cccc(OC(C)C(=O)Nc2ccccc2C(C)C)c1C. The summed E-state index contributed by atoms with van der Waals surface area (Å²) in [5.74, 6) is 0.963. The van der Waals surface area contributed by atoms with Crippen LogP contribution in [0.3, 0.4) is 0 Å². The Morgan fingerprint density at radius 2 is 1.70 bits per heavy atom. The van der Waals surface area contributed by atoms with Gasteiger partial charge in [0.15, 0.2) is 6.10 Å². The Morgan fingerprint density at radius 3 is 2.39 bits per heavy atom. The van der Waals surface area contributed by atoms with Crippen molar-refractivity contribution in [3.8, 4) is 5.75 Å². The van der Waals surface area contributed by atoms with Gasteiger partial charge in [-0.3, -0.25) is 4.79 Å². The van der Waals surface area contributed by atoms with E-state index in [1.807, 2.05) is 56.3 Å². The average molecular weight is 311 g/mol. The quantitative estimate of drug-likeness (QED) is 0.858. The third kappa shape index (κ3) is 4.13. The van der Waals surface area contributed by atoms with Crippen LogP contribution in [0.5, 0.6) is 5.75 Å². The van der Waals surface area contributed by atoms with Gasteiger partial charge in [0, 0.05) is 5.69 Å². The number of carbonyl (C=O) groups excluding carboxylic acids is 1. The van der Waals surface area contributed by atoms with Gasteiger partial charge in [-0.15, -0.1) is 0 Å². The fourth-order valence-electron chi connectivity index (χ4n) is 2.44. The summed E-state index contributed by atoms with van der Waals surface area (Å²) in [5.41, 5.74) is 4.19. The Labute approximate surface area is 138 Å². The average Bonchev–Trinajstić information content (AvgIpc) is 2.52. The Hall–Kier alpha value is -2.29. The summed E-state index contributed by atoms with van der Waals surface area (Å²) in [6, 6.07) is 13.8. The minimum atomic E-state index is -0.560. The number of nitrogens with one attached hydrogen (secondary N) is 1. The van der Waals surface area contributed by atoms with Gasteiger partial charge in [0.05, 0.1) is 0 Å². The van der Waals surface area contributed by atoms with E-state index in [0.717, 1.165) is 28.1 Å². The molecule has 3 nitrogen and oxygen atoms in total. The highest BCUT2D eigenvalue weighted by atomic mass is 16.5. The highest BCUT2D eigenvalue weighted by Gasteiger charge is 2.18. The molecule has 23 heavy (non-hydrogen) atoms. The molecule has 1 amide bonds. The molecule has 0 spiro atoms. The highest BCUT2D eigenvalue weighted by molar-refractivity contribution is 5.94. The van der Waals surface area contributed by atoms with Crippen LogP contribution in [0.15, 0.2) is 42.5 Å². The fourth-order valence-corrected chi connectivity index (χ4v) is 2.44. The van der Waals surface area contributed by atoms with Gasteiger partial charge in [-0.25, -0.2) is 0 Å². The molecule has 0 radical (unpaired) electrons. The molecule has 1 atom stereocenters. The Morgan fingerprint density at radius 1 is 1.00 bits per heavy atom. The number of ether oxygens (including phenoxy) is 1. The number of para-hydroxylation sites is 1. The summed E-state index contributed by atoms with van der Waals surface area (Å²) in [6.07, 6.45) is -0.560. The largest absolute Gasteiger partial charge is 0.481 e. The Kier molecular flexibility index (Phi) is 5.43. The molecule has 0 fully saturated rings. The van der Waals surface area contributed by atoms with E-state index in [4.69, 9.17) is 4.74 Å². The van der Waals surface area contributed by atoms with E-state index in [0.29, 0.717) is 5.92 Å². The predicted molar refractivity (Wildman–Crippen MR) is 95.2 cm³/mol. The summed E-state index contributed by atoms with van der Waals surface area (Å²) in [6.45, 7) is 10.0. The molecular weight excluding hydrogens is 286 g/mol. The van der Waals surface area contributed by atoms with Crippen LogP contribution in [0, 0.1) is 13.8 Å². The molecule has 2 aromatic rings. The van der Waals surface area contributed by atoms with Gasteiger partial charge in [-0.1, -0.05) is 44.2 Å². The van der Waals surface area contributed by atoms with Gasteiger partial charge in [-0.05, 0) is 55.5 Å². The van der Waals surface area contributed by atoms with Crippen molar-refractivity contribution in [3.63, 3.8) is 0 Å². The van der Waals surface area contributed by atoms with Gasteiger partial charge in [0.1, 0.15) is 5.75 Å². The molecule has 3 heteroatoms. The van der Waals surface area contributed by atoms with E-state index >= 15 is 0 Å². The summed E-state index contributed by atoms with van der Waals surface area (Å²) in [7, 11) is 0. The van der Waals surface area contributed by atoms with Crippen molar-refractivity contribution in [2.45, 2.75) is 46.6 Å². The minimum Gasteiger partial charge on any atom is -0.481 e. The minimum absolute atomic E-state index is 0.140. The zero-order valence-corrected chi connectivity index (χ0v) is 14.5. The van der Waals surface area contributed by atoms with Gasteiger partial charge in [-0.2, -0.15) is 0 Å². The molecule has 0 saturated carbocycles. The number of hydrogen-bond acceptors (Lipinski definition) is 2. The standard InChI is InChI=1S/C20H25NO2/c1-13(2)17-10-6-7-11-18(17)21-20(22)16(5)23-19-12-8-9-14(3)15(19)4/h6-13,16H,1-5H3,(H,21,22). The van der Waals surface area contributed by atoms with Gasteiger partial charge in [0.2, 0.25) is 0 Å². The monoisotopic (exact) mass is 311 g/mol. The van der Waals surface area contributed by atoms with Crippen LogP contribution in [-0.4, -0.2) is 12.0 Å². The van der Waals surface area contributed by atoms with Gasteiger partial charge in [0.25, 0.3) is 5.91 Å². The molecule has 0 aliphatic rings. The van der Waals surface area contributed by atoms with E-state index < -0.39 is 6.10 Å². The van der Waals surface area contributed by atoms with Crippen LogP contribution in [0.25, 0.3) is 0 Å². The van der Waals surface area contributed by atoms with E-state index in [1.54, 1.807) is 6.92 Å². The first kappa shape index (κ1) is 17.1. The third-order valence-electron chi connectivity index (χ3n) is 4.07. The number of carbonyl (C=O) groups is 1. The van der Waals surface area contributed by atoms with Crippen LogP contribution in [0.1, 0.15) is 43.4 Å². The van der Waals surface area contributed by atoms with Crippen LogP contribution in [0.4, 0.5) is 5.69 Å². The summed E-state index contributed by atoms with van der Waals surface area (Å²) in [5, 5.41) is 2.98.